The standard InChI is InChI=1S/C16H21N3O/c1-9-4-5-14-11(6-9)12-7-10(16(20)19(2)3)8-13(17)15(12)18-14/h4-6,10,13,18H,7-8,17H2,1-3H3. The Bertz CT molecular complexity index is 672. The number of nitrogens with one attached hydrogen (secondary N) is 1. The zero-order valence-electron chi connectivity index (χ0n) is 12.2. The Balaban J connectivity index is 2.07. The van der Waals surface area contributed by atoms with Crippen LogP contribution < -0.4 is 5.73 Å². The van der Waals surface area contributed by atoms with Gasteiger partial charge in [0.25, 0.3) is 0 Å². The molecular formula is C16H21N3O. The fraction of sp³-hybridized carbons (Fsp3) is 0.438. The molecule has 1 aliphatic rings. The molecule has 1 amide bonds. The molecule has 0 radical (unpaired) electrons. The van der Waals surface area contributed by atoms with Crippen molar-refractivity contribution in [1.29, 1.82) is 0 Å². The summed E-state index contributed by atoms with van der Waals surface area (Å²) in [4.78, 5) is 17.3. The molecule has 3 rings (SSSR count). The van der Waals surface area contributed by atoms with Gasteiger partial charge in [0.15, 0.2) is 0 Å². The van der Waals surface area contributed by atoms with Crippen molar-refractivity contribution in [2.24, 2.45) is 11.7 Å². The highest BCUT2D eigenvalue weighted by molar-refractivity contribution is 5.87. The quantitative estimate of drug-likeness (QED) is 0.834. The molecule has 1 aromatic heterocycles. The van der Waals surface area contributed by atoms with Crippen LogP contribution in [-0.2, 0) is 11.2 Å². The van der Waals surface area contributed by atoms with Crippen molar-refractivity contribution in [3.05, 3.63) is 35.0 Å². The van der Waals surface area contributed by atoms with Gasteiger partial charge in [0, 0.05) is 42.7 Å². The summed E-state index contributed by atoms with van der Waals surface area (Å²) in [5.74, 6) is 0.167. The number of amides is 1. The van der Waals surface area contributed by atoms with E-state index in [0.717, 1.165) is 24.1 Å². The molecule has 1 aromatic carbocycles. The van der Waals surface area contributed by atoms with Crippen molar-refractivity contribution >= 4 is 16.8 Å². The molecule has 1 aliphatic carbocycles. The van der Waals surface area contributed by atoms with Crippen molar-refractivity contribution in [2.75, 3.05) is 14.1 Å². The lowest BCUT2D eigenvalue weighted by molar-refractivity contribution is -0.133. The molecule has 0 spiro atoms. The van der Waals surface area contributed by atoms with E-state index in [4.69, 9.17) is 5.73 Å². The maximum atomic E-state index is 12.2. The average molecular weight is 271 g/mol. The predicted molar refractivity (Wildman–Crippen MR) is 80.5 cm³/mol. The van der Waals surface area contributed by atoms with E-state index in [1.165, 1.54) is 16.5 Å². The Morgan fingerprint density at radius 2 is 2.15 bits per heavy atom. The molecule has 2 unspecified atom stereocenters. The summed E-state index contributed by atoms with van der Waals surface area (Å²) in [5.41, 5.74) is 11.0. The van der Waals surface area contributed by atoms with E-state index in [1.54, 1.807) is 4.90 Å². The number of rotatable bonds is 1. The van der Waals surface area contributed by atoms with Gasteiger partial charge in [-0.15, -0.1) is 0 Å². The van der Waals surface area contributed by atoms with Gasteiger partial charge in [-0.2, -0.15) is 0 Å². The van der Waals surface area contributed by atoms with Crippen molar-refractivity contribution in [2.45, 2.75) is 25.8 Å². The van der Waals surface area contributed by atoms with Crippen molar-refractivity contribution in [3.8, 4) is 0 Å². The number of aromatic nitrogens is 1. The van der Waals surface area contributed by atoms with E-state index in [-0.39, 0.29) is 17.9 Å². The number of carbonyl (C=O) groups excluding carboxylic acids is 1. The Labute approximate surface area is 118 Å². The van der Waals surface area contributed by atoms with Crippen molar-refractivity contribution < 1.29 is 4.79 Å². The molecule has 4 nitrogen and oxygen atoms in total. The second-order valence-corrected chi connectivity index (χ2v) is 6.04. The summed E-state index contributed by atoms with van der Waals surface area (Å²) in [6.45, 7) is 2.09. The second-order valence-electron chi connectivity index (χ2n) is 6.04. The van der Waals surface area contributed by atoms with Crippen LogP contribution in [0.1, 0.15) is 29.3 Å². The summed E-state index contributed by atoms with van der Waals surface area (Å²) in [6, 6.07) is 6.29. The fourth-order valence-electron chi connectivity index (χ4n) is 3.23. The Morgan fingerprint density at radius 1 is 1.40 bits per heavy atom. The van der Waals surface area contributed by atoms with E-state index in [0.29, 0.717) is 0 Å². The van der Waals surface area contributed by atoms with Crippen LogP contribution in [0.4, 0.5) is 0 Å². The molecule has 0 saturated carbocycles. The number of hydrogen-bond donors (Lipinski definition) is 2. The van der Waals surface area contributed by atoms with Crippen LogP contribution in [0.3, 0.4) is 0 Å². The molecule has 4 heteroatoms. The minimum atomic E-state index is -0.0830. The number of aromatic amines is 1. The molecule has 0 saturated heterocycles. The van der Waals surface area contributed by atoms with Crippen LogP contribution in [0.5, 0.6) is 0 Å². The van der Waals surface area contributed by atoms with Gasteiger partial charge in [-0.3, -0.25) is 4.79 Å². The molecule has 20 heavy (non-hydrogen) atoms. The number of benzene rings is 1. The summed E-state index contributed by atoms with van der Waals surface area (Å²) in [7, 11) is 3.62. The number of H-pyrrole nitrogens is 1. The maximum absolute atomic E-state index is 12.2. The molecular weight excluding hydrogens is 250 g/mol. The number of hydrogen-bond acceptors (Lipinski definition) is 2. The molecule has 0 bridgehead atoms. The van der Waals surface area contributed by atoms with Gasteiger partial charge in [0.2, 0.25) is 5.91 Å². The van der Waals surface area contributed by atoms with Crippen molar-refractivity contribution in [1.82, 2.24) is 9.88 Å². The van der Waals surface area contributed by atoms with Gasteiger partial charge in [0.05, 0.1) is 0 Å². The second kappa shape index (κ2) is 4.63. The van der Waals surface area contributed by atoms with Crippen LogP contribution >= 0.6 is 0 Å². The largest absolute Gasteiger partial charge is 0.357 e. The average Bonchev–Trinajstić information content (AvgIpc) is 2.76. The smallest absolute Gasteiger partial charge is 0.225 e. The number of nitrogens with two attached hydrogens (primary N) is 1. The molecule has 0 aliphatic heterocycles. The highest BCUT2D eigenvalue weighted by Crippen LogP contribution is 2.37. The highest BCUT2D eigenvalue weighted by atomic mass is 16.2. The van der Waals surface area contributed by atoms with Crippen LogP contribution in [0.2, 0.25) is 0 Å². The molecule has 106 valence electrons. The number of fused-ring (bicyclic) bond motifs is 3. The summed E-state index contributed by atoms with van der Waals surface area (Å²) in [6.07, 6.45) is 1.50. The lowest BCUT2D eigenvalue weighted by atomic mass is 9.83. The predicted octanol–water partition coefficient (Wildman–Crippen LogP) is 2.13. The number of aryl methyl sites for hydroxylation is 1. The zero-order valence-corrected chi connectivity index (χ0v) is 12.2. The van der Waals surface area contributed by atoms with Gasteiger partial charge in [-0.05, 0) is 37.5 Å². The molecule has 3 N–H and O–H groups in total. The van der Waals surface area contributed by atoms with Crippen LogP contribution in [0, 0.1) is 12.8 Å². The Kier molecular flexibility index (Phi) is 3.05. The third-order valence-electron chi connectivity index (χ3n) is 4.24. The van der Waals surface area contributed by atoms with Crippen LogP contribution in [0.15, 0.2) is 18.2 Å². The first kappa shape index (κ1) is 13.2. The number of carbonyl (C=O) groups is 1. The topological polar surface area (TPSA) is 62.1 Å². The fourth-order valence-corrected chi connectivity index (χ4v) is 3.23. The lowest BCUT2D eigenvalue weighted by Gasteiger charge is -2.28. The summed E-state index contributed by atoms with van der Waals surface area (Å²) >= 11 is 0. The van der Waals surface area contributed by atoms with E-state index >= 15 is 0 Å². The van der Waals surface area contributed by atoms with Crippen molar-refractivity contribution in [3.63, 3.8) is 0 Å². The van der Waals surface area contributed by atoms with E-state index in [2.05, 4.69) is 30.1 Å². The third kappa shape index (κ3) is 2.00. The van der Waals surface area contributed by atoms with E-state index < -0.39 is 0 Å². The lowest BCUT2D eigenvalue weighted by Crippen LogP contribution is -2.36. The summed E-state index contributed by atoms with van der Waals surface area (Å²) < 4.78 is 0. The van der Waals surface area contributed by atoms with E-state index in [9.17, 15) is 4.79 Å². The normalized spacial score (nSPS) is 21.8. The minimum Gasteiger partial charge on any atom is -0.357 e. The Hall–Kier alpha value is -1.81. The maximum Gasteiger partial charge on any atom is 0.225 e. The first-order valence-electron chi connectivity index (χ1n) is 7.05. The first-order valence-corrected chi connectivity index (χ1v) is 7.05. The van der Waals surface area contributed by atoms with Crippen LogP contribution in [-0.4, -0.2) is 29.9 Å². The van der Waals surface area contributed by atoms with Gasteiger partial charge in [-0.1, -0.05) is 11.6 Å². The van der Waals surface area contributed by atoms with E-state index in [1.807, 2.05) is 14.1 Å². The third-order valence-corrected chi connectivity index (χ3v) is 4.24. The van der Waals surface area contributed by atoms with Gasteiger partial charge in [-0.25, -0.2) is 0 Å². The first-order chi connectivity index (χ1) is 9.47. The van der Waals surface area contributed by atoms with Gasteiger partial charge >= 0.3 is 0 Å². The highest BCUT2D eigenvalue weighted by Gasteiger charge is 2.32. The minimum absolute atomic E-state index is 0.00740. The molecule has 1 heterocycles. The monoisotopic (exact) mass is 271 g/mol. The van der Waals surface area contributed by atoms with Gasteiger partial charge in [0.1, 0.15) is 0 Å². The summed E-state index contributed by atoms with van der Waals surface area (Å²) in [5, 5.41) is 1.21. The number of nitrogens with zero attached hydrogens (tertiary/aromatic N) is 1. The van der Waals surface area contributed by atoms with Crippen LogP contribution in [0.25, 0.3) is 10.9 Å². The van der Waals surface area contributed by atoms with Gasteiger partial charge < -0.3 is 15.6 Å². The molecule has 2 aromatic rings. The SMILES string of the molecule is Cc1ccc2[nH]c3c(c2c1)CC(C(=O)N(C)C)CC3N. The molecule has 2 atom stereocenters. The zero-order chi connectivity index (χ0) is 14.4. The molecule has 0 fully saturated rings. The Morgan fingerprint density at radius 3 is 2.85 bits per heavy atom.